The van der Waals surface area contributed by atoms with Crippen molar-refractivity contribution in [3.63, 3.8) is 0 Å². The van der Waals surface area contributed by atoms with Crippen molar-refractivity contribution in [1.82, 2.24) is 0 Å². The van der Waals surface area contributed by atoms with E-state index < -0.39 is 11.0 Å². The topological polar surface area (TPSA) is 58.8 Å². The van der Waals surface area contributed by atoms with Crippen LogP contribution in [-0.2, 0) is 11.0 Å². The number of nitrogens with two attached hydrogens (primary N) is 1. The summed E-state index contributed by atoms with van der Waals surface area (Å²) in [7, 11) is 0.213. The average Bonchev–Trinajstić information content (AvgIpc) is 2.62. The summed E-state index contributed by atoms with van der Waals surface area (Å²) in [6.45, 7) is 3.58. The summed E-state index contributed by atoms with van der Waals surface area (Å²) < 4.78 is 16.9. The van der Waals surface area contributed by atoms with Crippen LogP contribution in [0.1, 0.15) is 0 Å². The van der Waals surface area contributed by atoms with Gasteiger partial charge in [-0.05, 0) is 36.4 Å². The highest BCUT2D eigenvalue weighted by atomic mass is 32.2. The van der Waals surface area contributed by atoms with Gasteiger partial charge in [0.25, 0.3) is 0 Å². The molecule has 2 aromatic carbocycles. The van der Waals surface area contributed by atoms with Crippen LogP contribution in [0.2, 0.25) is 0 Å². The minimum atomic E-state index is -1.46. The number of piperazine rings is 1. The summed E-state index contributed by atoms with van der Waals surface area (Å²) >= 11 is 0. The smallest absolute Gasteiger partial charge is 0.124 e. The van der Waals surface area contributed by atoms with Gasteiger partial charge in [-0.15, -0.1) is 0 Å². The molecule has 1 aliphatic heterocycles. The fraction of sp³-hybridized carbons (Fsp3) is 0.294. The number of methoxy groups -OCH3 is 1. The van der Waals surface area contributed by atoms with Crippen LogP contribution in [0, 0.1) is 0 Å². The quantitative estimate of drug-likeness (QED) is 0.931. The minimum absolute atomic E-state index is 0.699. The van der Waals surface area contributed by atoms with E-state index in [0.29, 0.717) is 4.90 Å². The van der Waals surface area contributed by atoms with E-state index in [9.17, 15) is 4.21 Å². The van der Waals surface area contributed by atoms with Crippen LogP contribution in [-0.4, -0.2) is 37.5 Å². The number of rotatable bonds is 4. The van der Waals surface area contributed by atoms with E-state index in [0.717, 1.165) is 37.6 Å². The second-order valence-electron chi connectivity index (χ2n) is 5.44. The van der Waals surface area contributed by atoms with Crippen LogP contribution in [0.3, 0.4) is 0 Å². The number of benzene rings is 2. The molecule has 0 saturated carbocycles. The molecule has 1 fully saturated rings. The number of nitrogens with zero attached hydrogens (tertiary/aromatic N) is 2. The van der Waals surface area contributed by atoms with Gasteiger partial charge in [0.2, 0.25) is 0 Å². The van der Waals surface area contributed by atoms with Gasteiger partial charge in [-0.3, -0.25) is 0 Å². The van der Waals surface area contributed by atoms with Gasteiger partial charge in [0.05, 0.1) is 17.7 Å². The van der Waals surface area contributed by atoms with Gasteiger partial charge < -0.3 is 14.5 Å². The SMILES string of the molecule is COc1ccc(N2CCN(c3ccccc3S(N)=O)CC2)cc1. The molecule has 0 amide bonds. The van der Waals surface area contributed by atoms with Gasteiger partial charge in [-0.25, -0.2) is 9.35 Å². The Morgan fingerprint density at radius 3 is 2.17 bits per heavy atom. The Bertz CT molecular complexity index is 682. The maximum Gasteiger partial charge on any atom is 0.124 e. The first-order valence-corrected chi connectivity index (χ1v) is 8.79. The molecule has 5 nitrogen and oxygen atoms in total. The third kappa shape index (κ3) is 3.48. The Morgan fingerprint density at radius 1 is 0.957 bits per heavy atom. The first-order valence-electron chi connectivity index (χ1n) is 7.58. The van der Waals surface area contributed by atoms with Crippen molar-refractivity contribution in [3.8, 4) is 5.75 Å². The highest BCUT2D eigenvalue weighted by Gasteiger charge is 2.20. The van der Waals surface area contributed by atoms with E-state index in [2.05, 4.69) is 21.9 Å². The van der Waals surface area contributed by atoms with Gasteiger partial charge in [-0.2, -0.15) is 0 Å². The normalized spacial score (nSPS) is 16.3. The maximum absolute atomic E-state index is 11.7. The van der Waals surface area contributed by atoms with Crippen molar-refractivity contribution in [1.29, 1.82) is 0 Å². The number of para-hydroxylation sites is 1. The van der Waals surface area contributed by atoms with E-state index in [1.54, 1.807) is 7.11 Å². The summed E-state index contributed by atoms with van der Waals surface area (Å²) in [4.78, 5) is 5.29. The molecule has 122 valence electrons. The zero-order valence-corrected chi connectivity index (χ0v) is 14.0. The van der Waals surface area contributed by atoms with Crippen LogP contribution in [0.15, 0.2) is 53.4 Å². The summed E-state index contributed by atoms with van der Waals surface area (Å²) in [5.41, 5.74) is 2.17. The van der Waals surface area contributed by atoms with E-state index in [1.807, 2.05) is 36.4 Å². The molecule has 2 aromatic rings. The highest BCUT2D eigenvalue weighted by Crippen LogP contribution is 2.26. The third-order valence-corrected chi connectivity index (χ3v) is 4.92. The molecule has 23 heavy (non-hydrogen) atoms. The predicted octanol–water partition coefficient (Wildman–Crippen LogP) is 2.00. The number of ether oxygens (including phenoxy) is 1. The summed E-state index contributed by atoms with van der Waals surface area (Å²) in [6.07, 6.45) is 0. The Hall–Kier alpha value is -2.05. The molecule has 1 aliphatic rings. The van der Waals surface area contributed by atoms with Crippen LogP contribution >= 0.6 is 0 Å². The molecule has 0 aliphatic carbocycles. The van der Waals surface area contributed by atoms with Crippen molar-refractivity contribution in [2.24, 2.45) is 5.14 Å². The second kappa shape index (κ2) is 7.02. The first-order chi connectivity index (χ1) is 11.2. The molecule has 0 spiro atoms. The van der Waals surface area contributed by atoms with Crippen molar-refractivity contribution in [3.05, 3.63) is 48.5 Å². The van der Waals surface area contributed by atoms with Crippen LogP contribution in [0.4, 0.5) is 11.4 Å². The Morgan fingerprint density at radius 2 is 1.57 bits per heavy atom. The lowest BCUT2D eigenvalue weighted by atomic mass is 10.2. The van der Waals surface area contributed by atoms with Crippen molar-refractivity contribution < 1.29 is 8.95 Å². The van der Waals surface area contributed by atoms with Crippen molar-refractivity contribution >= 4 is 22.4 Å². The zero-order valence-electron chi connectivity index (χ0n) is 13.1. The lowest BCUT2D eigenvalue weighted by molar-refractivity contribution is 0.415. The van der Waals surface area contributed by atoms with E-state index in [4.69, 9.17) is 9.88 Å². The lowest BCUT2D eigenvalue weighted by Crippen LogP contribution is -2.46. The molecule has 2 N–H and O–H groups in total. The van der Waals surface area contributed by atoms with Crippen molar-refractivity contribution in [2.45, 2.75) is 4.90 Å². The number of hydrogen-bond acceptors (Lipinski definition) is 4. The molecule has 1 saturated heterocycles. The molecule has 3 rings (SSSR count). The molecule has 1 unspecified atom stereocenters. The average molecular weight is 331 g/mol. The van der Waals surface area contributed by atoms with Gasteiger partial charge >= 0.3 is 0 Å². The van der Waals surface area contributed by atoms with E-state index >= 15 is 0 Å². The summed E-state index contributed by atoms with van der Waals surface area (Å²) in [5, 5.41) is 5.59. The highest BCUT2D eigenvalue weighted by molar-refractivity contribution is 7.82. The third-order valence-electron chi connectivity index (χ3n) is 4.14. The molecule has 0 bridgehead atoms. The van der Waals surface area contributed by atoms with Gasteiger partial charge in [0.15, 0.2) is 0 Å². The standard InChI is InChI=1S/C17H21N3O2S/c1-22-15-8-6-14(7-9-15)19-10-12-20(13-11-19)16-4-2-3-5-17(16)23(18)21/h2-9H,10-13,18H2,1H3. The Balaban J connectivity index is 1.70. The molecule has 0 radical (unpaired) electrons. The van der Waals surface area contributed by atoms with Crippen LogP contribution in [0.5, 0.6) is 5.75 Å². The van der Waals surface area contributed by atoms with Gasteiger partial charge in [0.1, 0.15) is 16.7 Å². The first kappa shape index (κ1) is 15.8. The van der Waals surface area contributed by atoms with Gasteiger partial charge in [0, 0.05) is 31.9 Å². The monoisotopic (exact) mass is 331 g/mol. The number of anilines is 2. The van der Waals surface area contributed by atoms with E-state index in [-0.39, 0.29) is 0 Å². The zero-order chi connectivity index (χ0) is 16.2. The fourth-order valence-electron chi connectivity index (χ4n) is 2.89. The summed E-state index contributed by atoms with van der Waals surface area (Å²) in [6, 6.07) is 15.8. The van der Waals surface area contributed by atoms with Gasteiger partial charge in [-0.1, -0.05) is 12.1 Å². The molecular formula is C17H21N3O2S. The summed E-state index contributed by atoms with van der Waals surface area (Å²) in [5.74, 6) is 0.867. The lowest BCUT2D eigenvalue weighted by Gasteiger charge is -2.38. The Labute approximate surface area is 139 Å². The molecule has 1 heterocycles. The molecule has 0 aromatic heterocycles. The van der Waals surface area contributed by atoms with Crippen LogP contribution in [0.25, 0.3) is 0 Å². The Kier molecular flexibility index (Phi) is 4.83. The fourth-order valence-corrected chi connectivity index (χ4v) is 3.50. The molecule has 6 heteroatoms. The maximum atomic E-state index is 11.7. The van der Waals surface area contributed by atoms with E-state index in [1.165, 1.54) is 5.69 Å². The predicted molar refractivity (Wildman–Crippen MR) is 94.5 cm³/mol. The second-order valence-corrected chi connectivity index (χ2v) is 6.47. The minimum Gasteiger partial charge on any atom is -0.497 e. The largest absolute Gasteiger partial charge is 0.497 e. The van der Waals surface area contributed by atoms with Crippen LogP contribution < -0.4 is 19.7 Å². The van der Waals surface area contributed by atoms with Crippen molar-refractivity contribution in [2.75, 3.05) is 43.1 Å². The number of hydrogen-bond donors (Lipinski definition) is 1. The molecule has 1 atom stereocenters. The molecular weight excluding hydrogens is 310 g/mol.